The average molecular weight is 467 g/mol. The van der Waals surface area contributed by atoms with Crippen molar-refractivity contribution in [2.45, 2.75) is 36.5 Å². The van der Waals surface area contributed by atoms with Crippen LogP contribution in [0.2, 0.25) is 0 Å². The molecule has 1 heterocycles. The molecule has 168 valence electrons. The Kier molecular flexibility index (Phi) is 5.76. The van der Waals surface area contributed by atoms with Crippen molar-refractivity contribution in [1.82, 2.24) is 0 Å². The van der Waals surface area contributed by atoms with E-state index in [2.05, 4.69) is 0 Å². The van der Waals surface area contributed by atoms with E-state index in [4.69, 9.17) is 13.1 Å². The molecular weight excluding hydrogens is 440 g/mol. The van der Waals surface area contributed by atoms with Gasteiger partial charge in [-0.25, -0.2) is 0 Å². The van der Waals surface area contributed by atoms with Crippen molar-refractivity contribution in [1.29, 1.82) is 0 Å². The number of fused-ring (bicyclic) bond motifs is 1. The highest BCUT2D eigenvalue weighted by Crippen LogP contribution is 2.61. The van der Waals surface area contributed by atoms with Gasteiger partial charge in [-0.05, 0) is 51.0 Å². The molecule has 4 rings (SSSR count). The Bertz CT molecular complexity index is 1060. The molecule has 0 amide bonds. The van der Waals surface area contributed by atoms with E-state index in [0.29, 0.717) is 26.1 Å². The minimum atomic E-state index is -3.92. The fraction of sp³-hybridized carbons (Fsp3) is 0.455. The van der Waals surface area contributed by atoms with Crippen LogP contribution in [0.4, 0.5) is 0 Å². The molecule has 1 saturated carbocycles. The topological polar surface area (TPSA) is 96.0 Å². The van der Waals surface area contributed by atoms with Crippen molar-refractivity contribution in [3.8, 4) is 0 Å². The zero-order valence-electron chi connectivity index (χ0n) is 17.5. The minimum absolute atomic E-state index is 0.0723. The molecule has 1 saturated heterocycles. The van der Waals surface area contributed by atoms with Gasteiger partial charge in [0.15, 0.2) is 0 Å². The first-order valence-electron chi connectivity index (χ1n) is 10.1. The molecule has 1 aliphatic carbocycles. The predicted octanol–water partition coefficient (Wildman–Crippen LogP) is 3.21. The van der Waals surface area contributed by atoms with Crippen molar-refractivity contribution in [3.05, 3.63) is 59.7 Å². The summed E-state index contributed by atoms with van der Waals surface area (Å²) in [7, 11) is -7.85. The van der Waals surface area contributed by atoms with Crippen molar-refractivity contribution >= 4 is 20.2 Å². The van der Waals surface area contributed by atoms with Crippen molar-refractivity contribution in [3.63, 3.8) is 0 Å². The third-order valence-corrected chi connectivity index (χ3v) is 9.12. The first-order valence-corrected chi connectivity index (χ1v) is 12.9. The molecule has 2 atom stereocenters. The van der Waals surface area contributed by atoms with Crippen LogP contribution in [0.5, 0.6) is 0 Å². The quantitative estimate of drug-likeness (QED) is 0.551. The molecule has 0 aromatic heterocycles. The second-order valence-corrected chi connectivity index (χ2v) is 11.8. The maximum Gasteiger partial charge on any atom is 0.296 e. The Morgan fingerprint density at radius 2 is 1.06 bits per heavy atom. The summed E-state index contributed by atoms with van der Waals surface area (Å²) in [6.45, 7) is 4.22. The van der Waals surface area contributed by atoms with Gasteiger partial charge < -0.3 is 4.74 Å². The highest BCUT2D eigenvalue weighted by Gasteiger charge is 2.64. The Hall–Kier alpha value is -1.78. The van der Waals surface area contributed by atoms with Crippen molar-refractivity contribution in [2.24, 2.45) is 10.8 Å². The SMILES string of the molecule is Cc1ccc(S(=O)(=O)OCC23CCC2(COS(=O)(=O)c2ccc(C)cc2)COC3)cc1. The first-order chi connectivity index (χ1) is 14.6. The lowest BCUT2D eigenvalue weighted by Gasteiger charge is -2.52. The van der Waals surface area contributed by atoms with Crippen LogP contribution in [0.15, 0.2) is 58.3 Å². The molecule has 31 heavy (non-hydrogen) atoms. The van der Waals surface area contributed by atoms with Crippen LogP contribution in [0.25, 0.3) is 0 Å². The molecule has 0 N–H and O–H groups in total. The molecule has 0 radical (unpaired) electrons. The maximum atomic E-state index is 12.6. The molecule has 2 aliphatic rings. The molecule has 9 heteroatoms. The second kappa shape index (κ2) is 7.97. The molecule has 2 unspecified atom stereocenters. The lowest BCUT2D eigenvalue weighted by atomic mass is 9.52. The number of hydrogen-bond donors (Lipinski definition) is 0. The van der Waals surface area contributed by atoms with E-state index in [9.17, 15) is 16.8 Å². The zero-order valence-corrected chi connectivity index (χ0v) is 19.2. The zero-order chi connectivity index (χ0) is 22.3. The van der Waals surface area contributed by atoms with Crippen molar-refractivity contribution in [2.75, 3.05) is 26.4 Å². The summed E-state index contributed by atoms with van der Waals surface area (Å²) in [6, 6.07) is 12.9. The Morgan fingerprint density at radius 3 is 1.39 bits per heavy atom. The summed E-state index contributed by atoms with van der Waals surface area (Å²) in [5.74, 6) is 0. The minimum Gasteiger partial charge on any atom is -0.380 e. The largest absolute Gasteiger partial charge is 0.380 e. The Morgan fingerprint density at radius 1 is 0.710 bits per heavy atom. The molecular formula is C22H26O7S2. The van der Waals surface area contributed by atoms with Crippen LogP contribution in [-0.2, 0) is 33.3 Å². The lowest BCUT2D eigenvalue weighted by molar-refractivity contribution is -0.0875. The van der Waals surface area contributed by atoms with Gasteiger partial charge in [-0.2, -0.15) is 16.8 Å². The maximum absolute atomic E-state index is 12.6. The number of ether oxygens (including phenoxy) is 1. The van der Waals surface area contributed by atoms with Gasteiger partial charge in [0, 0.05) is 10.8 Å². The van der Waals surface area contributed by atoms with Crippen LogP contribution >= 0.6 is 0 Å². The van der Waals surface area contributed by atoms with Gasteiger partial charge in [0.25, 0.3) is 20.2 Å². The van der Waals surface area contributed by atoms with E-state index in [1.807, 2.05) is 13.8 Å². The standard InChI is InChI=1S/C22H26O7S2/c1-17-3-7-19(8-4-17)30(23,24)28-15-21-11-12-22(21,14-27-13-21)16-29-31(25,26)20-9-5-18(2)6-10-20/h3-10H,11-16H2,1-2H3. The van der Waals surface area contributed by atoms with E-state index < -0.39 is 31.1 Å². The van der Waals surface area contributed by atoms with Gasteiger partial charge in [-0.3, -0.25) is 8.37 Å². The highest BCUT2D eigenvalue weighted by atomic mass is 32.2. The molecule has 2 fully saturated rings. The third-order valence-electron chi connectivity index (χ3n) is 6.56. The molecule has 2 aromatic carbocycles. The average Bonchev–Trinajstić information content (AvgIpc) is 2.96. The molecule has 2 aromatic rings. The fourth-order valence-corrected chi connectivity index (χ4v) is 6.16. The highest BCUT2D eigenvalue weighted by molar-refractivity contribution is 7.87. The summed E-state index contributed by atoms with van der Waals surface area (Å²) in [5, 5.41) is 0. The van der Waals surface area contributed by atoms with E-state index in [1.54, 1.807) is 24.3 Å². The summed E-state index contributed by atoms with van der Waals surface area (Å²) < 4.78 is 66.9. The van der Waals surface area contributed by atoms with Crippen LogP contribution in [0.3, 0.4) is 0 Å². The molecule has 1 aliphatic heterocycles. The number of hydrogen-bond acceptors (Lipinski definition) is 7. The Balaban J connectivity index is 1.46. The summed E-state index contributed by atoms with van der Waals surface area (Å²) in [6.07, 6.45) is 1.37. The first kappa shape index (κ1) is 22.4. The summed E-state index contributed by atoms with van der Waals surface area (Å²) in [4.78, 5) is 0.188. The van der Waals surface area contributed by atoms with Gasteiger partial charge in [0.1, 0.15) is 0 Å². The summed E-state index contributed by atoms with van der Waals surface area (Å²) >= 11 is 0. The van der Waals surface area contributed by atoms with Crippen LogP contribution in [0, 0.1) is 24.7 Å². The van der Waals surface area contributed by atoms with Crippen molar-refractivity contribution < 1.29 is 29.9 Å². The van der Waals surface area contributed by atoms with Gasteiger partial charge in [-0.1, -0.05) is 35.4 Å². The molecule has 7 nitrogen and oxygen atoms in total. The number of aryl methyl sites for hydroxylation is 2. The Labute approximate surface area is 183 Å². The van der Waals surface area contributed by atoms with Crippen LogP contribution in [0.1, 0.15) is 24.0 Å². The monoisotopic (exact) mass is 466 g/mol. The normalized spacial score (nSPS) is 25.7. The van der Waals surface area contributed by atoms with Crippen LogP contribution < -0.4 is 0 Å². The number of rotatable bonds is 8. The van der Waals surface area contributed by atoms with Gasteiger partial charge in [0.2, 0.25) is 0 Å². The van der Waals surface area contributed by atoms with E-state index in [1.165, 1.54) is 24.3 Å². The van der Waals surface area contributed by atoms with E-state index in [0.717, 1.165) is 11.1 Å². The molecule has 0 bridgehead atoms. The van der Waals surface area contributed by atoms with Crippen LogP contribution in [-0.4, -0.2) is 43.3 Å². The van der Waals surface area contributed by atoms with Gasteiger partial charge in [0.05, 0.1) is 36.2 Å². The van der Waals surface area contributed by atoms with Gasteiger partial charge >= 0.3 is 0 Å². The second-order valence-electron chi connectivity index (χ2n) is 8.61. The smallest absolute Gasteiger partial charge is 0.296 e. The summed E-state index contributed by atoms with van der Waals surface area (Å²) in [5.41, 5.74) is 0.722. The fourth-order valence-electron chi connectivity index (χ4n) is 4.18. The van der Waals surface area contributed by atoms with E-state index in [-0.39, 0.29) is 23.0 Å². The van der Waals surface area contributed by atoms with Gasteiger partial charge in [-0.15, -0.1) is 0 Å². The number of benzene rings is 2. The third kappa shape index (κ3) is 4.17. The molecule has 0 spiro atoms. The van der Waals surface area contributed by atoms with E-state index >= 15 is 0 Å². The lowest BCUT2D eigenvalue weighted by Crippen LogP contribution is -2.56. The predicted molar refractivity (Wildman–Crippen MR) is 114 cm³/mol.